The minimum absolute atomic E-state index is 0.0000368. The van der Waals surface area contributed by atoms with Gasteiger partial charge in [0.15, 0.2) is 0 Å². The number of carboxylic acids is 1. The Morgan fingerprint density at radius 3 is 2.25 bits per heavy atom. The van der Waals surface area contributed by atoms with Crippen molar-refractivity contribution in [1.29, 1.82) is 0 Å². The van der Waals surface area contributed by atoms with Gasteiger partial charge in [-0.3, -0.25) is 9.59 Å². The van der Waals surface area contributed by atoms with Crippen LogP contribution in [0.5, 0.6) is 0 Å². The minimum atomic E-state index is -0.955. The summed E-state index contributed by atoms with van der Waals surface area (Å²) in [5.74, 6) is -1.12. The van der Waals surface area contributed by atoms with Gasteiger partial charge in [0.2, 0.25) is 5.91 Å². The Labute approximate surface area is 118 Å². The highest BCUT2D eigenvalue weighted by atomic mass is 16.5. The van der Waals surface area contributed by atoms with Gasteiger partial charge in [0.05, 0.1) is 11.5 Å². The van der Waals surface area contributed by atoms with Crippen molar-refractivity contribution in [3.05, 3.63) is 29.8 Å². The predicted molar refractivity (Wildman–Crippen MR) is 76.8 cm³/mol. The highest BCUT2D eigenvalue weighted by Gasteiger charge is 2.29. The van der Waals surface area contributed by atoms with Gasteiger partial charge in [-0.15, -0.1) is 0 Å². The van der Waals surface area contributed by atoms with Crippen LogP contribution in [0.15, 0.2) is 24.3 Å². The number of ether oxygens (including phenoxy) is 1. The molecule has 5 heteroatoms. The molecule has 0 heterocycles. The predicted octanol–water partition coefficient (Wildman–Crippen LogP) is 2.41. The molecular weight excluding hydrogens is 258 g/mol. The summed E-state index contributed by atoms with van der Waals surface area (Å²) in [7, 11) is 0. The van der Waals surface area contributed by atoms with Crippen LogP contribution in [0.4, 0.5) is 5.69 Å². The number of hydrogen-bond acceptors (Lipinski definition) is 3. The molecule has 0 bridgehead atoms. The lowest BCUT2D eigenvalue weighted by atomic mass is 9.85. The second-order valence-corrected chi connectivity index (χ2v) is 5.42. The molecule has 2 N–H and O–H groups in total. The molecule has 110 valence electrons. The van der Waals surface area contributed by atoms with E-state index in [4.69, 9.17) is 9.84 Å². The third-order valence-electron chi connectivity index (χ3n) is 2.97. The van der Waals surface area contributed by atoms with E-state index in [1.807, 2.05) is 13.8 Å². The monoisotopic (exact) mass is 279 g/mol. The van der Waals surface area contributed by atoms with Crippen molar-refractivity contribution in [3.63, 3.8) is 0 Å². The number of carboxylic acid groups (broad SMARTS) is 1. The fourth-order valence-corrected chi connectivity index (χ4v) is 1.53. The van der Waals surface area contributed by atoms with Gasteiger partial charge >= 0.3 is 5.97 Å². The maximum absolute atomic E-state index is 11.6. The zero-order valence-corrected chi connectivity index (χ0v) is 12.3. The van der Waals surface area contributed by atoms with E-state index in [1.54, 1.807) is 38.1 Å². The van der Waals surface area contributed by atoms with Crippen molar-refractivity contribution < 1.29 is 19.4 Å². The van der Waals surface area contributed by atoms with Gasteiger partial charge in [-0.05, 0) is 45.4 Å². The Bertz CT molecular complexity index is 477. The van der Waals surface area contributed by atoms with Gasteiger partial charge in [0.1, 0.15) is 6.61 Å². The third kappa shape index (κ3) is 4.35. The van der Waals surface area contributed by atoms with Crippen LogP contribution in [-0.2, 0) is 19.7 Å². The third-order valence-corrected chi connectivity index (χ3v) is 2.97. The van der Waals surface area contributed by atoms with Crippen LogP contribution in [-0.4, -0.2) is 29.7 Å². The van der Waals surface area contributed by atoms with Crippen LogP contribution >= 0.6 is 0 Å². The fourth-order valence-electron chi connectivity index (χ4n) is 1.53. The van der Waals surface area contributed by atoms with Gasteiger partial charge in [0, 0.05) is 5.69 Å². The number of anilines is 1. The largest absolute Gasteiger partial charge is 0.481 e. The number of aliphatic carboxylic acids is 1. The summed E-state index contributed by atoms with van der Waals surface area (Å²) in [6, 6.07) is 6.78. The average Bonchev–Trinajstić information content (AvgIpc) is 2.37. The van der Waals surface area contributed by atoms with E-state index in [0.717, 1.165) is 0 Å². The summed E-state index contributed by atoms with van der Waals surface area (Å²) in [5.41, 5.74) is 0.345. The summed E-state index contributed by atoms with van der Waals surface area (Å²) in [5, 5.41) is 11.8. The zero-order valence-electron chi connectivity index (χ0n) is 12.3. The molecule has 0 fully saturated rings. The first-order valence-electron chi connectivity index (χ1n) is 6.49. The minimum Gasteiger partial charge on any atom is -0.481 e. The second-order valence-electron chi connectivity index (χ2n) is 5.42. The standard InChI is InChI=1S/C15H21NO4/c1-10(2)20-9-13(17)16-12-7-5-11(6-8-12)15(3,4)14(18)19/h5-8,10H,9H2,1-4H3,(H,16,17)(H,18,19). The van der Waals surface area contributed by atoms with Crippen molar-refractivity contribution in [2.24, 2.45) is 0 Å². The average molecular weight is 279 g/mol. The Balaban J connectivity index is 2.68. The lowest BCUT2D eigenvalue weighted by Crippen LogP contribution is -2.28. The van der Waals surface area contributed by atoms with E-state index < -0.39 is 11.4 Å². The number of carbonyl (C=O) groups is 2. The van der Waals surface area contributed by atoms with Crippen molar-refractivity contribution in [2.45, 2.75) is 39.2 Å². The molecule has 1 aromatic rings. The van der Waals surface area contributed by atoms with Crippen molar-refractivity contribution in [3.8, 4) is 0 Å². The van der Waals surface area contributed by atoms with Crippen molar-refractivity contribution >= 4 is 17.6 Å². The summed E-state index contributed by atoms with van der Waals surface area (Å²) in [6.45, 7) is 6.99. The lowest BCUT2D eigenvalue weighted by Gasteiger charge is -2.19. The number of amides is 1. The molecule has 0 saturated heterocycles. The molecule has 0 saturated carbocycles. The molecule has 0 aliphatic heterocycles. The fraction of sp³-hybridized carbons (Fsp3) is 0.467. The van der Waals surface area contributed by atoms with Crippen LogP contribution < -0.4 is 5.32 Å². The number of rotatable bonds is 6. The molecule has 0 spiro atoms. The molecule has 5 nitrogen and oxygen atoms in total. The van der Waals surface area contributed by atoms with E-state index >= 15 is 0 Å². The van der Waals surface area contributed by atoms with E-state index in [1.165, 1.54) is 0 Å². The molecule has 1 amide bonds. The molecule has 0 unspecified atom stereocenters. The maximum Gasteiger partial charge on any atom is 0.313 e. The Kier molecular flexibility index (Phi) is 5.27. The molecule has 0 radical (unpaired) electrons. The van der Waals surface area contributed by atoms with Gasteiger partial charge in [-0.2, -0.15) is 0 Å². The Morgan fingerprint density at radius 1 is 1.25 bits per heavy atom. The molecule has 0 aliphatic rings. The topological polar surface area (TPSA) is 75.6 Å². The van der Waals surface area contributed by atoms with Crippen molar-refractivity contribution in [1.82, 2.24) is 0 Å². The van der Waals surface area contributed by atoms with Gasteiger partial charge in [0.25, 0.3) is 0 Å². The van der Waals surface area contributed by atoms with E-state index in [9.17, 15) is 9.59 Å². The zero-order chi connectivity index (χ0) is 15.3. The quantitative estimate of drug-likeness (QED) is 0.838. The van der Waals surface area contributed by atoms with Crippen LogP contribution in [0.3, 0.4) is 0 Å². The van der Waals surface area contributed by atoms with E-state index in [0.29, 0.717) is 11.3 Å². The molecular formula is C15H21NO4. The first kappa shape index (κ1) is 16.2. The number of carbonyl (C=O) groups excluding carboxylic acids is 1. The van der Waals surface area contributed by atoms with Gasteiger partial charge in [-0.25, -0.2) is 0 Å². The summed E-state index contributed by atoms with van der Waals surface area (Å²) in [6.07, 6.45) is -0.000471. The number of benzene rings is 1. The summed E-state index contributed by atoms with van der Waals surface area (Å²) in [4.78, 5) is 22.7. The van der Waals surface area contributed by atoms with Gasteiger partial charge in [-0.1, -0.05) is 12.1 Å². The summed E-state index contributed by atoms with van der Waals surface area (Å²) >= 11 is 0. The smallest absolute Gasteiger partial charge is 0.313 e. The lowest BCUT2D eigenvalue weighted by molar-refractivity contribution is -0.142. The van der Waals surface area contributed by atoms with E-state index in [2.05, 4.69) is 5.32 Å². The normalized spacial score (nSPS) is 11.4. The first-order valence-corrected chi connectivity index (χ1v) is 6.49. The number of hydrogen-bond donors (Lipinski definition) is 2. The van der Waals surface area contributed by atoms with Crippen LogP contribution in [0, 0.1) is 0 Å². The number of nitrogens with one attached hydrogen (secondary N) is 1. The molecule has 1 rings (SSSR count). The highest BCUT2D eigenvalue weighted by Crippen LogP contribution is 2.24. The molecule has 0 aliphatic carbocycles. The molecule has 20 heavy (non-hydrogen) atoms. The second kappa shape index (κ2) is 6.52. The Hall–Kier alpha value is -1.88. The maximum atomic E-state index is 11.6. The van der Waals surface area contributed by atoms with E-state index in [-0.39, 0.29) is 18.6 Å². The van der Waals surface area contributed by atoms with Crippen LogP contribution in [0.2, 0.25) is 0 Å². The Morgan fingerprint density at radius 2 is 1.80 bits per heavy atom. The summed E-state index contributed by atoms with van der Waals surface area (Å²) < 4.78 is 5.20. The van der Waals surface area contributed by atoms with Crippen LogP contribution in [0.25, 0.3) is 0 Å². The first-order chi connectivity index (χ1) is 9.23. The molecule has 0 aromatic heterocycles. The van der Waals surface area contributed by atoms with Crippen LogP contribution in [0.1, 0.15) is 33.3 Å². The van der Waals surface area contributed by atoms with Crippen molar-refractivity contribution in [2.75, 3.05) is 11.9 Å². The highest BCUT2D eigenvalue weighted by molar-refractivity contribution is 5.91. The SMILES string of the molecule is CC(C)OCC(=O)Nc1ccc(C(C)(C)C(=O)O)cc1. The molecule has 1 aromatic carbocycles. The molecule has 0 atom stereocenters. The van der Waals surface area contributed by atoms with Gasteiger partial charge < -0.3 is 15.2 Å².